The first kappa shape index (κ1) is 13.0. The van der Waals surface area contributed by atoms with Crippen LogP contribution in [0.5, 0.6) is 5.88 Å². The number of methoxy groups -OCH3 is 1. The van der Waals surface area contributed by atoms with E-state index < -0.39 is 0 Å². The van der Waals surface area contributed by atoms with Crippen molar-refractivity contribution >= 4 is 11.5 Å². The summed E-state index contributed by atoms with van der Waals surface area (Å²) >= 11 is 0. The molecule has 2 N–H and O–H groups in total. The van der Waals surface area contributed by atoms with E-state index in [2.05, 4.69) is 16.8 Å². The minimum Gasteiger partial charge on any atom is -0.481 e. The number of nitrogens with two attached hydrogens (primary N) is 1. The number of hydrogen-bond acceptors (Lipinski definition) is 4. The van der Waals surface area contributed by atoms with Gasteiger partial charge in [0.15, 0.2) is 5.82 Å². The molecule has 1 atom stereocenters. The molecular weight excluding hydrogens is 226 g/mol. The van der Waals surface area contributed by atoms with E-state index in [4.69, 9.17) is 10.5 Å². The average molecular weight is 249 g/mol. The van der Waals surface area contributed by atoms with Gasteiger partial charge in [-0.1, -0.05) is 13.3 Å². The molecule has 1 aromatic heterocycles. The van der Waals surface area contributed by atoms with Gasteiger partial charge in [-0.3, -0.25) is 0 Å². The van der Waals surface area contributed by atoms with Crippen LogP contribution in [0.3, 0.4) is 0 Å². The van der Waals surface area contributed by atoms with Crippen LogP contribution in [0.15, 0.2) is 12.1 Å². The fraction of sp³-hybridized carbons (Fsp3) is 0.643. The summed E-state index contributed by atoms with van der Waals surface area (Å²) in [7, 11) is 1.64. The minimum atomic E-state index is 0.575. The molecule has 1 fully saturated rings. The van der Waals surface area contributed by atoms with E-state index in [9.17, 15) is 0 Å². The molecule has 2 heterocycles. The Morgan fingerprint density at radius 1 is 1.44 bits per heavy atom. The second-order valence-corrected chi connectivity index (χ2v) is 4.90. The van der Waals surface area contributed by atoms with Gasteiger partial charge in [0.05, 0.1) is 12.8 Å². The van der Waals surface area contributed by atoms with Gasteiger partial charge in [-0.2, -0.15) is 4.98 Å². The molecule has 0 aliphatic carbocycles. The van der Waals surface area contributed by atoms with Crippen LogP contribution in [0, 0.1) is 0 Å². The Morgan fingerprint density at radius 2 is 2.28 bits per heavy atom. The summed E-state index contributed by atoms with van der Waals surface area (Å²) in [6, 6.07) is 4.28. The van der Waals surface area contributed by atoms with Gasteiger partial charge < -0.3 is 15.4 Å². The van der Waals surface area contributed by atoms with E-state index >= 15 is 0 Å². The molecule has 2 rings (SSSR count). The molecule has 0 bridgehead atoms. The predicted octanol–water partition coefficient (Wildman–Crippen LogP) is 2.83. The van der Waals surface area contributed by atoms with Crippen LogP contribution < -0.4 is 15.4 Å². The van der Waals surface area contributed by atoms with Gasteiger partial charge in [0.2, 0.25) is 5.88 Å². The van der Waals surface area contributed by atoms with Crippen LogP contribution in [-0.4, -0.2) is 24.7 Å². The molecule has 0 radical (unpaired) electrons. The maximum atomic E-state index is 6.07. The summed E-state index contributed by atoms with van der Waals surface area (Å²) in [6.45, 7) is 3.28. The lowest BCUT2D eigenvalue weighted by Gasteiger charge is -2.37. The fourth-order valence-corrected chi connectivity index (χ4v) is 2.70. The third kappa shape index (κ3) is 2.68. The Morgan fingerprint density at radius 3 is 3.00 bits per heavy atom. The van der Waals surface area contributed by atoms with Gasteiger partial charge in [0.1, 0.15) is 0 Å². The summed E-state index contributed by atoms with van der Waals surface area (Å²) in [5.41, 5.74) is 6.82. The van der Waals surface area contributed by atoms with E-state index in [0.717, 1.165) is 18.1 Å². The number of hydrogen-bond donors (Lipinski definition) is 1. The van der Waals surface area contributed by atoms with Crippen LogP contribution in [0.4, 0.5) is 11.5 Å². The van der Waals surface area contributed by atoms with Crippen molar-refractivity contribution in [2.24, 2.45) is 0 Å². The van der Waals surface area contributed by atoms with Crippen LogP contribution in [0.25, 0.3) is 0 Å². The molecule has 18 heavy (non-hydrogen) atoms. The Kier molecular flexibility index (Phi) is 4.28. The zero-order valence-corrected chi connectivity index (χ0v) is 11.4. The normalized spacial score (nSPS) is 19.9. The lowest BCUT2D eigenvalue weighted by Crippen LogP contribution is -2.40. The first-order valence-electron chi connectivity index (χ1n) is 6.83. The highest BCUT2D eigenvalue weighted by molar-refractivity contribution is 5.64. The lowest BCUT2D eigenvalue weighted by molar-refractivity contribution is 0.393. The Hall–Kier alpha value is -1.45. The highest BCUT2D eigenvalue weighted by Crippen LogP contribution is 2.31. The number of nitrogen functional groups attached to an aromatic ring is 1. The summed E-state index contributed by atoms with van der Waals surface area (Å²) < 4.78 is 5.20. The third-order valence-electron chi connectivity index (χ3n) is 3.61. The molecule has 0 aromatic carbocycles. The molecule has 1 unspecified atom stereocenters. The molecule has 0 saturated carbocycles. The van der Waals surface area contributed by atoms with E-state index in [1.54, 1.807) is 7.11 Å². The first-order chi connectivity index (χ1) is 8.76. The van der Waals surface area contributed by atoms with Crippen LogP contribution in [-0.2, 0) is 0 Å². The van der Waals surface area contributed by atoms with Gasteiger partial charge >= 0.3 is 0 Å². The van der Waals surface area contributed by atoms with Crippen LogP contribution in [0.2, 0.25) is 0 Å². The summed E-state index contributed by atoms with van der Waals surface area (Å²) in [5.74, 6) is 1.53. The number of nitrogens with zero attached hydrogens (tertiary/aromatic N) is 2. The molecular formula is C14H23N3O. The van der Waals surface area contributed by atoms with Crippen molar-refractivity contribution in [3.8, 4) is 5.88 Å². The minimum absolute atomic E-state index is 0.575. The molecule has 4 heteroatoms. The number of piperidine rings is 1. The molecule has 100 valence electrons. The number of pyridine rings is 1. The van der Waals surface area contributed by atoms with Gasteiger partial charge in [-0.15, -0.1) is 0 Å². The maximum absolute atomic E-state index is 6.07. The van der Waals surface area contributed by atoms with E-state index in [1.807, 2.05) is 12.1 Å². The topological polar surface area (TPSA) is 51.4 Å². The van der Waals surface area contributed by atoms with Crippen molar-refractivity contribution in [1.29, 1.82) is 0 Å². The number of rotatable bonds is 4. The smallest absolute Gasteiger partial charge is 0.215 e. The zero-order chi connectivity index (χ0) is 13.0. The predicted molar refractivity (Wildman–Crippen MR) is 75.1 cm³/mol. The highest BCUT2D eigenvalue weighted by atomic mass is 16.5. The van der Waals surface area contributed by atoms with Crippen LogP contribution in [0.1, 0.15) is 39.0 Å². The molecule has 1 saturated heterocycles. The first-order valence-corrected chi connectivity index (χ1v) is 6.83. The second-order valence-electron chi connectivity index (χ2n) is 4.90. The number of ether oxygens (including phenoxy) is 1. The number of aromatic nitrogens is 1. The van der Waals surface area contributed by atoms with Crippen molar-refractivity contribution in [1.82, 2.24) is 4.98 Å². The van der Waals surface area contributed by atoms with Crippen molar-refractivity contribution in [3.63, 3.8) is 0 Å². The standard InChI is InChI=1S/C14H23N3O/c1-3-6-11-7-4-5-10-17(11)14-12(15)8-9-13(16-14)18-2/h8-9,11H,3-7,10,15H2,1-2H3. The zero-order valence-electron chi connectivity index (χ0n) is 11.4. The molecule has 1 aliphatic heterocycles. The Balaban J connectivity index is 2.26. The lowest BCUT2D eigenvalue weighted by atomic mass is 9.98. The summed E-state index contributed by atoms with van der Waals surface area (Å²) in [6.07, 6.45) is 6.18. The maximum Gasteiger partial charge on any atom is 0.215 e. The van der Waals surface area contributed by atoms with Crippen molar-refractivity contribution < 1.29 is 4.74 Å². The van der Waals surface area contributed by atoms with Gasteiger partial charge in [-0.25, -0.2) is 0 Å². The largest absolute Gasteiger partial charge is 0.481 e. The highest BCUT2D eigenvalue weighted by Gasteiger charge is 2.24. The summed E-state index contributed by atoms with van der Waals surface area (Å²) in [5, 5.41) is 0. The molecule has 0 spiro atoms. The van der Waals surface area contributed by atoms with Crippen molar-refractivity contribution in [2.75, 3.05) is 24.3 Å². The fourth-order valence-electron chi connectivity index (χ4n) is 2.70. The van der Waals surface area contributed by atoms with Gasteiger partial charge in [-0.05, 0) is 31.7 Å². The van der Waals surface area contributed by atoms with Gasteiger partial charge in [0.25, 0.3) is 0 Å². The molecule has 4 nitrogen and oxygen atoms in total. The molecule has 0 amide bonds. The van der Waals surface area contributed by atoms with Crippen molar-refractivity contribution in [2.45, 2.75) is 45.1 Å². The van der Waals surface area contributed by atoms with E-state index in [1.165, 1.54) is 32.1 Å². The van der Waals surface area contributed by atoms with E-state index in [-0.39, 0.29) is 0 Å². The Labute approximate surface area is 109 Å². The molecule has 1 aromatic rings. The van der Waals surface area contributed by atoms with E-state index in [0.29, 0.717) is 11.9 Å². The third-order valence-corrected chi connectivity index (χ3v) is 3.61. The number of anilines is 2. The second kappa shape index (κ2) is 5.94. The summed E-state index contributed by atoms with van der Waals surface area (Å²) in [4.78, 5) is 6.89. The molecule has 1 aliphatic rings. The van der Waals surface area contributed by atoms with Crippen molar-refractivity contribution in [3.05, 3.63) is 12.1 Å². The monoisotopic (exact) mass is 249 g/mol. The van der Waals surface area contributed by atoms with Gasteiger partial charge in [0, 0.05) is 18.7 Å². The van der Waals surface area contributed by atoms with Crippen LogP contribution >= 0.6 is 0 Å². The quantitative estimate of drug-likeness (QED) is 0.891. The average Bonchev–Trinajstić information content (AvgIpc) is 2.41. The SMILES string of the molecule is CCCC1CCCCN1c1nc(OC)ccc1N. The Bertz CT molecular complexity index is 393.